The summed E-state index contributed by atoms with van der Waals surface area (Å²) in [5.74, 6) is -0.395. The molecule has 162 valence electrons. The molecule has 2 N–H and O–H groups in total. The highest BCUT2D eigenvalue weighted by molar-refractivity contribution is 9.10. The van der Waals surface area contributed by atoms with E-state index in [-0.39, 0.29) is 22.6 Å². The predicted molar refractivity (Wildman–Crippen MR) is 118 cm³/mol. The number of amides is 1. The second kappa shape index (κ2) is 10.0. The highest BCUT2D eigenvalue weighted by Gasteiger charge is 2.31. The highest BCUT2D eigenvalue weighted by Crippen LogP contribution is 2.32. The van der Waals surface area contributed by atoms with Crippen molar-refractivity contribution in [3.63, 3.8) is 0 Å². The first-order valence-corrected chi connectivity index (χ1v) is 12.3. The maximum Gasteiger partial charge on any atom is 0.246 e. The van der Waals surface area contributed by atoms with Crippen LogP contribution >= 0.6 is 15.9 Å². The molecule has 0 spiro atoms. The van der Waals surface area contributed by atoms with E-state index in [1.165, 1.54) is 0 Å². The number of nitrogens with zero attached hydrogens (tertiary/aromatic N) is 1. The maximum atomic E-state index is 13.5. The lowest BCUT2D eigenvalue weighted by Gasteiger charge is -2.32. The van der Waals surface area contributed by atoms with Gasteiger partial charge in [0.1, 0.15) is 0 Å². The molecule has 2 aromatic rings. The summed E-state index contributed by atoms with van der Waals surface area (Å²) < 4.78 is 29.3. The third-order valence-corrected chi connectivity index (χ3v) is 8.20. The lowest BCUT2D eigenvalue weighted by Crippen LogP contribution is -2.38. The molecule has 1 aliphatic carbocycles. The summed E-state index contributed by atoms with van der Waals surface area (Å²) >= 11 is 3.36. The minimum absolute atomic E-state index is 0.169. The molecule has 2 aromatic carbocycles. The number of carbonyl (C=O) groups is 1. The van der Waals surface area contributed by atoms with Crippen LogP contribution < -0.4 is 5.48 Å². The predicted octanol–water partition coefficient (Wildman–Crippen LogP) is 4.26. The third kappa shape index (κ3) is 5.49. The van der Waals surface area contributed by atoms with Crippen molar-refractivity contribution in [1.29, 1.82) is 0 Å². The van der Waals surface area contributed by atoms with Crippen LogP contribution in [-0.4, -0.2) is 30.4 Å². The number of hydrogen-bond donors (Lipinski definition) is 2. The highest BCUT2D eigenvalue weighted by atomic mass is 79.9. The Morgan fingerprint density at radius 1 is 1.10 bits per heavy atom. The zero-order chi connectivity index (χ0) is 21.7. The molecule has 0 saturated heterocycles. The van der Waals surface area contributed by atoms with Crippen molar-refractivity contribution in [2.24, 2.45) is 11.8 Å². The summed E-state index contributed by atoms with van der Waals surface area (Å²) in [6, 6.07) is 14.5. The fraction of sp³-hybridized carbons (Fsp3) is 0.409. The molecule has 1 amide bonds. The minimum atomic E-state index is -3.67. The van der Waals surface area contributed by atoms with Crippen LogP contribution in [0.3, 0.4) is 0 Å². The molecule has 0 radical (unpaired) electrons. The Bertz CT molecular complexity index is 971. The van der Waals surface area contributed by atoms with Crippen LogP contribution in [-0.2, 0) is 21.4 Å². The molecule has 3 rings (SSSR count). The summed E-state index contributed by atoms with van der Waals surface area (Å²) in [4.78, 5) is 11.9. The molecular weight excluding hydrogens is 468 g/mol. The van der Waals surface area contributed by atoms with Crippen molar-refractivity contribution in [2.45, 2.75) is 44.0 Å². The van der Waals surface area contributed by atoms with Crippen molar-refractivity contribution in [2.75, 3.05) is 6.54 Å². The fourth-order valence-corrected chi connectivity index (χ4v) is 5.73. The molecule has 1 fully saturated rings. The number of halogens is 1. The molecule has 0 atom stereocenters. The van der Waals surface area contributed by atoms with Crippen molar-refractivity contribution < 1.29 is 18.4 Å². The quantitative estimate of drug-likeness (QED) is 0.444. The van der Waals surface area contributed by atoms with E-state index >= 15 is 0 Å². The van der Waals surface area contributed by atoms with Crippen LogP contribution in [0.4, 0.5) is 0 Å². The van der Waals surface area contributed by atoms with Gasteiger partial charge >= 0.3 is 0 Å². The zero-order valence-corrected chi connectivity index (χ0v) is 19.3. The van der Waals surface area contributed by atoms with Crippen LogP contribution in [0.2, 0.25) is 0 Å². The number of hydroxylamine groups is 1. The molecule has 0 aromatic heterocycles. The normalized spacial score (nSPS) is 19.6. The summed E-state index contributed by atoms with van der Waals surface area (Å²) in [7, 11) is -3.67. The van der Waals surface area contributed by atoms with Gasteiger partial charge in [0.25, 0.3) is 0 Å². The lowest BCUT2D eigenvalue weighted by molar-refractivity contribution is -0.134. The molecule has 0 unspecified atom stereocenters. The van der Waals surface area contributed by atoms with Gasteiger partial charge in [-0.1, -0.05) is 40.2 Å². The van der Waals surface area contributed by atoms with E-state index in [9.17, 15) is 13.2 Å². The second-order valence-corrected chi connectivity index (χ2v) is 10.7. The van der Waals surface area contributed by atoms with E-state index in [0.29, 0.717) is 25.9 Å². The summed E-state index contributed by atoms with van der Waals surface area (Å²) in [6.07, 6.45) is 2.79. The maximum absolute atomic E-state index is 13.5. The molecule has 0 aliphatic heterocycles. The van der Waals surface area contributed by atoms with E-state index in [1.54, 1.807) is 34.1 Å². The van der Waals surface area contributed by atoms with Gasteiger partial charge in [-0.05, 0) is 73.9 Å². The van der Waals surface area contributed by atoms with E-state index in [0.717, 1.165) is 28.4 Å². The van der Waals surface area contributed by atoms with Crippen LogP contribution in [0.25, 0.3) is 0 Å². The number of hydrogen-bond acceptors (Lipinski definition) is 4. The number of sulfonamides is 1. The van der Waals surface area contributed by atoms with Gasteiger partial charge in [-0.2, -0.15) is 4.31 Å². The number of rotatable bonds is 7. The first-order valence-electron chi connectivity index (χ1n) is 10.1. The van der Waals surface area contributed by atoms with Gasteiger partial charge in [0.15, 0.2) is 0 Å². The molecule has 1 saturated carbocycles. The SMILES string of the molecule is Cc1ccccc1CN(CC1CCC(C(=O)NO)CC1)S(=O)(=O)c1ccc(Br)cc1. The van der Waals surface area contributed by atoms with Gasteiger partial charge in [-0.15, -0.1) is 0 Å². The topological polar surface area (TPSA) is 86.7 Å². The van der Waals surface area contributed by atoms with Crippen LogP contribution in [0.1, 0.15) is 36.8 Å². The Morgan fingerprint density at radius 3 is 2.33 bits per heavy atom. The first-order chi connectivity index (χ1) is 14.3. The number of nitrogens with one attached hydrogen (secondary N) is 1. The first kappa shape index (κ1) is 22.9. The van der Waals surface area contributed by atoms with E-state index in [2.05, 4.69) is 15.9 Å². The average Bonchev–Trinajstić information content (AvgIpc) is 2.75. The van der Waals surface area contributed by atoms with E-state index < -0.39 is 10.0 Å². The Balaban J connectivity index is 1.82. The molecule has 0 heterocycles. The molecular formula is C22H27BrN2O4S. The van der Waals surface area contributed by atoms with Crippen molar-refractivity contribution >= 4 is 31.9 Å². The number of benzene rings is 2. The van der Waals surface area contributed by atoms with Gasteiger partial charge in [-0.25, -0.2) is 13.9 Å². The molecule has 8 heteroatoms. The van der Waals surface area contributed by atoms with E-state index in [4.69, 9.17) is 5.21 Å². The number of carbonyl (C=O) groups excluding carboxylic acids is 1. The molecule has 0 bridgehead atoms. The zero-order valence-electron chi connectivity index (χ0n) is 16.9. The fourth-order valence-electron chi connectivity index (χ4n) is 3.97. The average molecular weight is 495 g/mol. The Morgan fingerprint density at radius 2 is 1.73 bits per heavy atom. The Kier molecular flexibility index (Phi) is 7.68. The van der Waals surface area contributed by atoms with Crippen molar-refractivity contribution in [3.05, 3.63) is 64.1 Å². The van der Waals surface area contributed by atoms with Gasteiger partial charge in [-0.3, -0.25) is 10.0 Å². The Labute approximate surface area is 186 Å². The van der Waals surface area contributed by atoms with Gasteiger partial charge < -0.3 is 0 Å². The lowest BCUT2D eigenvalue weighted by atomic mass is 9.81. The van der Waals surface area contributed by atoms with Gasteiger partial charge in [0, 0.05) is 23.5 Å². The van der Waals surface area contributed by atoms with Crippen LogP contribution in [0, 0.1) is 18.8 Å². The number of aryl methyl sites for hydroxylation is 1. The third-order valence-electron chi connectivity index (χ3n) is 5.85. The standard InChI is InChI=1S/C22H27BrN2O4S/c1-16-4-2-3-5-19(16)15-25(30(28,29)21-12-10-20(23)11-13-21)14-17-6-8-18(9-7-17)22(26)24-27/h2-5,10-13,17-18,27H,6-9,14-15H2,1H3,(H,24,26). The van der Waals surface area contributed by atoms with Gasteiger partial charge in [0.05, 0.1) is 4.90 Å². The van der Waals surface area contributed by atoms with Crippen LogP contribution in [0.5, 0.6) is 0 Å². The molecule has 30 heavy (non-hydrogen) atoms. The van der Waals surface area contributed by atoms with Crippen molar-refractivity contribution in [1.82, 2.24) is 9.79 Å². The monoisotopic (exact) mass is 494 g/mol. The smallest absolute Gasteiger partial charge is 0.246 e. The summed E-state index contributed by atoms with van der Waals surface area (Å²) in [5, 5.41) is 8.85. The minimum Gasteiger partial charge on any atom is -0.289 e. The summed E-state index contributed by atoms with van der Waals surface area (Å²) in [6.45, 7) is 2.70. The van der Waals surface area contributed by atoms with Gasteiger partial charge in [0.2, 0.25) is 15.9 Å². The second-order valence-electron chi connectivity index (χ2n) is 7.87. The Hall–Kier alpha value is -1.74. The summed E-state index contributed by atoms with van der Waals surface area (Å²) in [5.41, 5.74) is 3.76. The molecule has 6 nitrogen and oxygen atoms in total. The van der Waals surface area contributed by atoms with Crippen molar-refractivity contribution in [3.8, 4) is 0 Å². The largest absolute Gasteiger partial charge is 0.289 e. The van der Waals surface area contributed by atoms with Crippen LogP contribution in [0.15, 0.2) is 57.9 Å². The van der Waals surface area contributed by atoms with E-state index in [1.807, 2.05) is 31.2 Å². The molecule has 1 aliphatic rings.